The number of thioether (sulfide) groups is 1. The maximum Gasteiger partial charge on any atom is 0.188 e. The average molecular weight is 293 g/mol. The van der Waals surface area contributed by atoms with Gasteiger partial charge in [0.2, 0.25) is 0 Å². The van der Waals surface area contributed by atoms with Gasteiger partial charge in [0, 0.05) is 17.1 Å². The Kier molecular flexibility index (Phi) is 6.60. The van der Waals surface area contributed by atoms with Gasteiger partial charge in [-0.1, -0.05) is 54.2 Å². The maximum absolute atomic E-state index is 4.40. The van der Waals surface area contributed by atoms with E-state index in [1.165, 1.54) is 5.56 Å². The van der Waals surface area contributed by atoms with Crippen molar-refractivity contribution in [3.05, 3.63) is 59.4 Å². The molecule has 2 nitrogen and oxygen atoms in total. The van der Waals surface area contributed by atoms with Crippen LogP contribution in [0.25, 0.3) is 6.08 Å². The van der Waals surface area contributed by atoms with E-state index in [1.54, 1.807) is 11.8 Å². The van der Waals surface area contributed by atoms with E-state index in [-0.39, 0.29) is 12.4 Å². The average Bonchev–Trinajstić information content (AvgIpc) is 2.35. The fourth-order valence-electron chi connectivity index (χ4n) is 1.63. The highest BCUT2D eigenvalue weighted by molar-refractivity contribution is 7.99. The van der Waals surface area contributed by atoms with Crippen LogP contribution in [0.2, 0.25) is 0 Å². The molecule has 0 saturated heterocycles. The molecule has 0 aliphatic heterocycles. The minimum absolute atomic E-state index is 0. The van der Waals surface area contributed by atoms with E-state index in [9.17, 15) is 0 Å². The Bertz CT molecular complexity index is 521. The van der Waals surface area contributed by atoms with E-state index >= 15 is 0 Å². The first-order chi connectivity index (χ1) is 8.74. The van der Waals surface area contributed by atoms with E-state index in [1.807, 2.05) is 38.1 Å². The summed E-state index contributed by atoms with van der Waals surface area (Å²) in [6.07, 6.45) is 4.26. The molecule has 0 radical (unpaired) electrons. The number of halogens is 1. The zero-order chi connectivity index (χ0) is 12.8. The van der Waals surface area contributed by atoms with E-state index in [0.29, 0.717) is 0 Å². The molecule has 0 aliphatic rings. The molecule has 0 atom stereocenters. The van der Waals surface area contributed by atoms with Gasteiger partial charge in [-0.05, 0) is 25.5 Å². The molecule has 0 saturated carbocycles. The third kappa shape index (κ3) is 5.45. The number of aromatic nitrogens is 2. The summed E-state index contributed by atoms with van der Waals surface area (Å²) in [6.45, 7) is 4.00. The van der Waals surface area contributed by atoms with Crippen LogP contribution in [-0.2, 0) is 0 Å². The summed E-state index contributed by atoms with van der Waals surface area (Å²) in [5.41, 5.74) is 3.27. The van der Waals surface area contributed by atoms with Gasteiger partial charge in [0.05, 0.1) is 0 Å². The van der Waals surface area contributed by atoms with Crippen LogP contribution >= 0.6 is 24.2 Å². The van der Waals surface area contributed by atoms with Crippen LogP contribution in [0.4, 0.5) is 0 Å². The highest BCUT2D eigenvalue weighted by Gasteiger charge is 1.98. The predicted octanol–water partition coefficient (Wildman–Crippen LogP) is 4.32. The van der Waals surface area contributed by atoms with Crippen molar-refractivity contribution in [1.82, 2.24) is 9.97 Å². The molecule has 0 bridgehead atoms. The first-order valence-corrected chi connectivity index (χ1v) is 6.89. The van der Waals surface area contributed by atoms with Gasteiger partial charge in [-0.3, -0.25) is 0 Å². The van der Waals surface area contributed by atoms with Crippen molar-refractivity contribution < 1.29 is 0 Å². The summed E-state index contributed by atoms with van der Waals surface area (Å²) >= 11 is 1.66. The smallest absolute Gasteiger partial charge is 0.188 e. The van der Waals surface area contributed by atoms with Crippen LogP contribution in [0.3, 0.4) is 0 Å². The Labute approximate surface area is 124 Å². The Morgan fingerprint density at radius 2 is 1.68 bits per heavy atom. The molecule has 2 rings (SSSR count). The largest absolute Gasteiger partial charge is 0.228 e. The van der Waals surface area contributed by atoms with Crippen molar-refractivity contribution in [3.63, 3.8) is 0 Å². The Balaban J connectivity index is 0.00000180. The lowest BCUT2D eigenvalue weighted by atomic mass is 10.2. The van der Waals surface area contributed by atoms with Gasteiger partial charge in [0.15, 0.2) is 5.16 Å². The predicted molar refractivity (Wildman–Crippen MR) is 85.0 cm³/mol. The van der Waals surface area contributed by atoms with Gasteiger partial charge in [0.1, 0.15) is 0 Å². The minimum Gasteiger partial charge on any atom is -0.228 e. The molecule has 0 amide bonds. The number of benzene rings is 1. The lowest BCUT2D eigenvalue weighted by Gasteiger charge is -2.00. The summed E-state index contributed by atoms with van der Waals surface area (Å²) in [7, 11) is 0. The molecule has 0 N–H and O–H groups in total. The first-order valence-electron chi connectivity index (χ1n) is 5.91. The maximum atomic E-state index is 4.40. The molecule has 1 aromatic heterocycles. The quantitative estimate of drug-likeness (QED) is 0.620. The Morgan fingerprint density at radius 3 is 2.32 bits per heavy atom. The molecular weight excluding hydrogens is 276 g/mol. The highest BCUT2D eigenvalue weighted by Crippen LogP contribution is 2.14. The number of nitrogens with zero attached hydrogens (tertiary/aromatic N) is 2. The van der Waals surface area contributed by atoms with Gasteiger partial charge < -0.3 is 0 Å². The Morgan fingerprint density at radius 1 is 1.05 bits per heavy atom. The van der Waals surface area contributed by atoms with Crippen molar-refractivity contribution in [3.8, 4) is 0 Å². The monoisotopic (exact) mass is 292 g/mol. The summed E-state index contributed by atoms with van der Waals surface area (Å²) in [5, 5.41) is 0.852. The van der Waals surface area contributed by atoms with E-state index in [4.69, 9.17) is 0 Å². The SMILES string of the molecule is Cc1cc(C)nc(SC/C=C/c2ccccc2)n1.Cl. The van der Waals surface area contributed by atoms with E-state index < -0.39 is 0 Å². The normalized spacial score (nSPS) is 10.4. The van der Waals surface area contributed by atoms with Crippen LogP contribution in [0.15, 0.2) is 47.6 Å². The zero-order valence-corrected chi connectivity index (χ0v) is 12.7. The highest BCUT2D eigenvalue weighted by atomic mass is 35.5. The van der Waals surface area contributed by atoms with Crippen LogP contribution in [-0.4, -0.2) is 15.7 Å². The van der Waals surface area contributed by atoms with E-state index in [0.717, 1.165) is 22.3 Å². The van der Waals surface area contributed by atoms with Crippen molar-refractivity contribution >= 4 is 30.2 Å². The summed E-state index contributed by atoms with van der Waals surface area (Å²) in [4.78, 5) is 8.79. The third-order valence-electron chi connectivity index (χ3n) is 2.38. The second kappa shape index (κ2) is 7.97. The zero-order valence-electron chi connectivity index (χ0n) is 11.0. The van der Waals surface area contributed by atoms with Crippen molar-refractivity contribution in [2.45, 2.75) is 19.0 Å². The molecule has 0 unspecified atom stereocenters. The number of rotatable bonds is 4. The van der Waals surface area contributed by atoms with Crippen molar-refractivity contribution in [2.24, 2.45) is 0 Å². The number of hydrogen-bond acceptors (Lipinski definition) is 3. The summed E-state index contributed by atoms with van der Waals surface area (Å²) in [6, 6.07) is 12.3. The minimum atomic E-state index is 0. The summed E-state index contributed by atoms with van der Waals surface area (Å²) < 4.78 is 0. The molecule has 0 aliphatic carbocycles. The summed E-state index contributed by atoms with van der Waals surface area (Å²) in [5.74, 6) is 0.887. The van der Waals surface area contributed by atoms with Crippen LogP contribution in [0.5, 0.6) is 0 Å². The molecular formula is C15H17ClN2S. The second-order valence-corrected chi connectivity index (χ2v) is 5.04. The van der Waals surface area contributed by atoms with Crippen LogP contribution < -0.4 is 0 Å². The Hall–Kier alpha value is -1.32. The molecule has 19 heavy (non-hydrogen) atoms. The van der Waals surface area contributed by atoms with Gasteiger partial charge in [0.25, 0.3) is 0 Å². The number of hydrogen-bond donors (Lipinski definition) is 0. The lowest BCUT2D eigenvalue weighted by Crippen LogP contribution is -1.92. The fraction of sp³-hybridized carbons (Fsp3) is 0.200. The molecule has 4 heteroatoms. The van der Waals surface area contributed by atoms with Crippen LogP contribution in [0.1, 0.15) is 17.0 Å². The third-order valence-corrected chi connectivity index (χ3v) is 3.18. The second-order valence-electron chi connectivity index (χ2n) is 4.06. The molecule has 100 valence electrons. The van der Waals surface area contributed by atoms with Crippen LogP contribution in [0, 0.1) is 13.8 Å². The lowest BCUT2D eigenvalue weighted by molar-refractivity contribution is 0.903. The fourth-order valence-corrected chi connectivity index (χ4v) is 2.39. The molecule has 1 aromatic carbocycles. The van der Waals surface area contributed by atoms with Crippen molar-refractivity contribution in [1.29, 1.82) is 0 Å². The first kappa shape index (κ1) is 15.7. The standard InChI is InChI=1S/C15H16N2S.ClH/c1-12-11-13(2)17-15(16-12)18-10-6-9-14-7-4-3-5-8-14;/h3-9,11H,10H2,1-2H3;1H/b9-6+;. The van der Waals surface area contributed by atoms with Gasteiger partial charge in [-0.2, -0.15) is 0 Å². The topological polar surface area (TPSA) is 25.8 Å². The molecule has 2 aromatic rings. The van der Waals surface area contributed by atoms with Gasteiger partial charge in [-0.15, -0.1) is 12.4 Å². The molecule has 0 fully saturated rings. The van der Waals surface area contributed by atoms with E-state index in [2.05, 4.69) is 34.3 Å². The number of aryl methyl sites for hydroxylation is 2. The van der Waals surface area contributed by atoms with Gasteiger partial charge in [-0.25, -0.2) is 9.97 Å². The molecule has 1 heterocycles. The van der Waals surface area contributed by atoms with Gasteiger partial charge >= 0.3 is 0 Å². The molecule has 0 spiro atoms. The van der Waals surface area contributed by atoms with Crippen molar-refractivity contribution in [2.75, 3.05) is 5.75 Å².